The zero-order valence-electron chi connectivity index (χ0n) is 11.3. The second kappa shape index (κ2) is 4.98. The first-order valence-corrected chi connectivity index (χ1v) is 6.29. The highest BCUT2D eigenvalue weighted by Crippen LogP contribution is 2.33. The van der Waals surface area contributed by atoms with Gasteiger partial charge in [-0.1, -0.05) is 25.1 Å². The van der Waals surface area contributed by atoms with E-state index < -0.39 is 0 Å². The SMILES string of the molecule is CCC1(COC)CN=C(N)N1c1ccccc1C. The van der Waals surface area contributed by atoms with Gasteiger partial charge in [0.05, 0.1) is 18.7 Å². The number of hydrogen-bond acceptors (Lipinski definition) is 4. The number of rotatable bonds is 4. The van der Waals surface area contributed by atoms with Gasteiger partial charge in [-0.25, -0.2) is 0 Å². The molecule has 0 spiro atoms. The van der Waals surface area contributed by atoms with Crippen molar-refractivity contribution in [2.75, 3.05) is 25.2 Å². The summed E-state index contributed by atoms with van der Waals surface area (Å²) in [4.78, 5) is 6.55. The Morgan fingerprint density at radius 1 is 1.44 bits per heavy atom. The molecule has 0 aromatic heterocycles. The summed E-state index contributed by atoms with van der Waals surface area (Å²) < 4.78 is 5.39. The van der Waals surface area contributed by atoms with E-state index >= 15 is 0 Å². The molecular weight excluding hydrogens is 226 g/mol. The van der Waals surface area contributed by atoms with Gasteiger partial charge >= 0.3 is 0 Å². The average molecular weight is 247 g/mol. The molecule has 1 aromatic carbocycles. The Kier molecular flexibility index (Phi) is 3.57. The summed E-state index contributed by atoms with van der Waals surface area (Å²) in [5.41, 5.74) is 8.25. The molecule has 0 saturated heterocycles. The molecule has 98 valence electrons. The van der Waals surface area contributed by atoms with Gasteiger partial charge in [0, 0.05) is 12.8 Å². The minimum Gasteiger partial charge on any atom is -0.382 e. The summed E-state index contributed by atoms with van der Waals surface area (Å²) >= 11 is 0. The molecule has 0 fully saturated rings. The number of nitrogens with two attached hydrogens (primary N) is 1. The number of hydrogen-bond donors (Lipinski definition) is 1. The van der Waals surface area contributed by atoms with Crippen molar-refractivity contribution in [2.45, 2.75) is 25.8 Å². The van der Waals surface area contributed by atoms with Gasteiger partial charge in [0.1, 0.15) is 0 Å². The Morgan fingerprint density at radius 3 is 2.78 bits per heavy atom. The summed E-state index contributed by atoms with van der Waals surface area (Å²) in [5, 5.41) is 0. The molecule has 1 aliphatic rings. The van der Waals surface area contributed by atoms with Crippen molar-refractivity contribution in [3.8, 4) is 0 Å². The van der Waals surface area contributed by atoms with Crippen molar-refractivity contribution < 1.29 is 4.74 Å². The minimum atomic E-state index is -0.148. The van der Waals surface area contributed by atoms with Gasteiger partial charge < -0.3 is 15.4 Å². The van der Waals surface area contributed by atoms with Gasteiger partial charge in [0.25, 0.3) is 0 Å². The van der Waals surface area contributed by atoms with E-state index in [0.29, 0.717) is 19.1 Å². The van der Waals surface area contributed by atoms with Crippen LogP contribution in [0.4, 0.5) is 5.69 Å². The molecule has 2 N–H and O–H groups in total. The first-order valence-electron chi connectivity index (χ1n) is 6.29. The van der Waals surface area contributed by atoms with Crippen LogP contribution < -0.4 is 10.6 Å². The molecule has 4 nitrogen and oxygen atoms in total. The first kappa shape index (κ1) is 12.9. The molecule has 0 radical (unpaired) electrons. The van der Waals surface area contributed by atoms with Gasteiger partial charge in [-0.3, -0.25) is 4.99 Å². The third kappa shape index (κ3) is 1.97. The number of aryl methyl sites for hydroxylation is 1. The second-order valence-electron chi connectivity index (χ2n) is 4.81. The Bertz CT molecular complexity index is 458. The molecule has 1 atom stereocenters. The van der Waals surface area contributed by atoms with E-state index in [2.05, 4.69) is 35.9 Å². The van der Waals surface area contributed by atoms with E-state index in [1.807, 2.05) is 12.1 Å². The Labute approximate surface area is 108 Å². The van der Waals surface area contributed by atoms with Crippen LogP contribution in [0.1, 0.15) is 18.9 Å². The third-order valence-electron chi connectivity index (χ3n) is 3.67. The van der Waals surface area contributed by atoms with Crippen LogP contribution in [0.3, 0.4) is 0 Å². The standard InChI is InChI=1S/C14H21N3O/c1-4-14(10-18-3)9-16-13(15)17(14)12-8-6-5-7-11(12)2/h5-8H,4,9-10H2,1-3H3,(H2,15,16). The van der Waals surface area contributed by atoms with Crippen LogP contribution in [-0.2, 0) is 4.74 Å². The van der Waals surface area contributed by atoms with Gasteiger partial charge in [0.15, 0.2) is 5.96 Å². The predicted octanol–water partition coefficient (Wildman–Crippen LogP) is 1.92. The molecule has 2 rings (SSSR count). The lowest BCUT2D eigenvalue weighted by molar-refractivity contribution is 0.138. The van der Waals surface area contributed by atoms with E-state index in [-0.39, 0.29) is 5.54 Å². The van der Waals surface area contributed by atoms with Crippen LogP contribution >= 0.6 is 0 Å². The Hall–Kier alpha value is -1.55. The summed E-state index contributed by atoms with van der Waals surface area (Å²) in [6, 6.07) is 8.24. The maximum Gasteiger partial charge on any atom is 0.196 e. The number of benzene rings is 1. The quantitative estimate of drug-likeness (QED) is 0.884. The molecule has 0 amide bonds. The highest BCUT2D eigenvalue weighted by atomic mass is 16.5. The molecule has 4 heteroatoms. The maximum absolute atomic E-state index is 6.08. The van der Waals surface area contributed by atoms with Crippen LogP contribution in [0.15, 0.2) is 29.3 Å². The fourth-order valence-electron chi connectivity index (χ4n) is 2.56. The second-order valence-corrected chi connectivity index (χ2v) is 4.81. The average Bonchev–Trinajstić information content (AvgIpc) is 2.69. The van der Waals surface area contributed by atoms with Crippen LogP contribution in [-0.4, -0.2) is 31.8 Å². The van der Waals surface area contributed by atoms with Gasteiger partial charge in [0.2, 0.25) is 0 Å². The number of anilines is 1. The summed E-state index contributed by atoms with van der Waals surface area (Å²) in [5.74, 6) is 0.586. The zero-order chi connectivity index (χ0) is 13.2. The fourth-order valence-corrected chi connectivity index (χ4v) is 2.56. The predicted molar refractivity (Wildman–Crippen MR) is 75.0 cm³/mol. The van der Waals surface area contributed by atoms with Crippen molar-refractivity contribution in [1.29, 1.82) is 0 Å². The largest absolute Gasteiger partial charge is 0.382 e. The number of para-hydroxylation sites is 1. The van der Waals surface area contributed by atoms with E-state index in [9.17, 15) is 0 Å². The number of guanidine groups is 1. The Balaban J connectivity index is 2.45. The lowest BCUT2D eigenvalue weighted by Crippen LogP contribution is -2.54. The van der Waals surface area contributed by atoms with Crippen LogP contribution in [0, 0.1) is 6.92 Å². The van der Waals surface area contributed by atoms with E-state index in [0.717, 1.165) is 12.1 Å². The van der Waals surface area contributed by atoms with Crippen molar-refractivity contribution in [1.82, 2.24) is 0 Å². The molecule has 1 unspecified atom stereocenters. The first-order chi connectivity index (χ1) is 8.64. The molecule has 0 saturated carbocycles. The summed E-state index contributed by atoms with van der Waals surface area (Å²) in [6.45, 7) is 5.56. The molecule has 0 aliphatic carbocycles. The smallest absolute Gasteiger partial charge is 0.196 e. The topological polar surface area (TPSA) is 50.9 Å². The van der Waals surface area contributed by atoms with E-state index in [4.69, 9.17) is 10.5 Å². The summed E-state index contributed by atoms with van der Waals surface area (Å²) in [6.07, 6.45) is 0.944. The van der Waals surface area contributed by atoms with Crippen LogP contribution in [0.2, 0.25) is 0 Å². The molecular formula is C14H21N3O. The Morgan fingerprint density at radius 2 is 2.17 bits per heavy atom. The summed E-state index contributed by atoms with van der Waals surface area (Å²) in [7, 11) is 1.72. The fraction of sp³-hybridized carbons (Fsp3) is 0.500. The van der Waals surface area contributed by atoms with E-state index in [1.54, 1.807) is 7.11 Å². The third-order valence-corrected chi connectivity index (χ3v) is 3.67. The van der Waals surface area contributed by atoms with Crippen molar-refractivity contribution in [2.24, 2.45) is 10.7 Å². The van der Waals surface area contributed by atoms with E-state index in [1.165, 1.54) is 5.56 Å². The lowest BCUT2D eigenvalue weighted by atomic mass is 9.94. The highest BCUT2D eigenvalue weighted by Gasteiger charge is 2.42. The van der Waals surface area contributed by atoms with Gasteiger partial charge in [-0.15, -0.1) is 0 Å². The molecule has 1 aliphatic heterocycles. The van der Waals surface area contributed by atoms with Crippen molar-refractivity contribution in [3.05, 3.63) is 29.8 Å². The highest BCUT2D eigenvalue weighted by molar-refractivity contribution is 5.99. The number of aliphatic imine (C=N–C) groups is 1. The minimum absolute atomic E-state index is 0.148. The lowest BCUT2D eigenvalue weighted by Gasteiger charge is -2.38. The van der Waals surface area contributed by atoms with Crippen molar-refractivity contribution >= 4 is 11.6 Å². The monoisotopic (exact) mass is 247 g/mol. The molecule has 1 aromatic rings. The van der Waals surface area contributed by atoms with Gasteiger partial charge in [-0.05, 0) is 25.0 Å². The molecule has 1 heterocycles. The maximum atomic E-state index is 6.08. The van der Waals surface area contributed by atoms with Gasteiger partial charge in [-0.2, -0.15) is 0 Å². The van der Waals surface area contributed by atoms with Crippen LogP contribution in [0.25, 0.3) is 0 Å². The number of ether oxygens (including phenoxy) is 1. The normalized spacial score (nSPS) is 23.3. The number of methoxy groups -OCH3 is 1. The molecule has 0 bridgehead atoms. The molecule has 18 heavy (non-hydrogen) atoms. The van der Waals surface area contributed by atoms with Crippen molar-refractivity contribution in [3.63, 3.8) is 0 Å². The zero-order valence-corrected chi connectivity index (χ0v) is 11.3. The number of nitrogens with zero attached hydrogens (tertiary/aromatic N) is 2. The van der Waals surface area contributed by atoms with Crippen LogP contribution in [0.5, 0.6) is 0 Å².